The quantitative estimate of drug-likeness (QED) is 0.740. The van der Waals surface area contributed by atoms with Gasteiger partial charge in [-0.2, -0.15) is 11.8 Å². The highest BCUT2D eigenvalue weighted by molar-refractivity contribution is 8.00. The second-order valence-electron chi connectivity index (χ2n) is 3.99. The van der Waals surface area contributed by atoms with E-state index in [2.05, 4.69) is 12.2 Å². The van der Waals surface area contributed by atoms with Crippen molar-refractivity contribution in [1.82, 2.24) is 5.32 Å². The molecule has 98 valence electrons. The topological polar surface area (TPSA) is 66.4 Å². The largest absolute Gasteiger partial charge is 0.481 e. The molecule has 6 heteroatoms. The van der Waals surface area contributed by atoms with Crippen molar-refractivity contribution in [3.8, 4) is 0 Å². The molecule has 0 radical (unpaired) electrons. The number of hydrogen-bond acceptors (Lipinski definition) is 4. The minimum atomic E-state index is -0.872. The molecule has 0 saturated heterocycles. The minimum Gasteiger partial charge on any atom is -0.481 e. The molecular weight excluding hydrogens is 258 g/mol. The van der Waals surface area contributed by atoms with E-state index in [1.807, 2.05) is 11.8 Å². The monoisotopic (exact) mass is 277 g/mol. The van der Waals surface area contributed by atoms with Gasteiger partial charge in [-0.1, -0.05) is 13.3 Å². The molecule has 0 aromatic rings. The molecule has 0 heterocycles. The van der Waals surface area contributed by atoms with E-state index >= 15 is 0 Å². The number of carboxylic acids is 1. The number of carbonyl (C=O) groups is 2. The van der Waals surface area contributed by atoms with Gasteiger partial charge < -0.3 is 10.4 Å². The van der Waals surface area contributed by atoms with E-state index in [1.165, 1.54) is 12.8 Å². The standard InChI is InChI=1S/C11H19NO3S2/c1-2-17-9-5-3-4-8(9)12-10(13)6-16-7-11(14)15/h8-9H,2-7H2,1H3,(H,12,13)(H,14,15). The van der Waals surface area contributed by atoms with Crippen LogP contribution in [0.2, 0.25) is 0 Å². The molecule has 0 bridgehead atoms. The SMILES string of the molecule is CCSC1CCCC1NC(=O)CSCC(=O)O. The van der Waals surface area contributed by atoms with Crippen LogP contribution in [0.5, 0.6) is 0 Å². The average Bonchev–Trinajstić information content (AvgIpc) is 2.66. The van der Waals surface area contributed by atoms with Crippen molar-refractivity contribution in [3.05, 3.63) is 0 Å². The van der Waals surface area contributed by atoms with E-state index < -0.39 is 5.97 Å². The van der Waals surface area contributed by atoms with E-state index in [-0.39, 0.29) is 23.5 Å². The zero-order valence-corrected chi connectivity index (χ0v) is 11.6. The average molecular weight is 277 g/mol. The van der Waals surface area contributed by atoms with Crippen LogP contribution >= 0.6 is 23.5 Å². The van der Waals surface area contributed by atoms with Crippen LogP contribution in [0.15, 0.2) is 0 Å². The van der Waals surface area contributed by atoms with Gasteiger partial charge >= 0.3 is 5.97 Å². The molecule has 1 amide bonds. The first-order chi connectivity index (χ1) is 8.13. The number of aliphatic carboxylic acids is 1. The first-order valence-corrected chi connectivity index (χ1v) is 8.04. The van der Waals surface area contributed by atoms with Gasteiger partial charge in [0.1, 0.15) is 0 Å². The van der Waals surface area contributed by atoms with Gasteiger partial charge in [0, 0.05) is 11.3 Å². The lowest BCUT2D eigenvalue weighted by atomic mass is 10.2. The maximum atomic E-state index is 11.6. The molecule has 4 nitrogen and oxygen atoms in total. The highest BCUT2D eigenvalue weighted by Crippen LogP contribution is 2.29. The summed E-state index contributed by atoms with van der Waals surface area (Å²) in [5.41, 5.74) is 0. The molecule has 1 saturated carbocycles. The van der Waals surface area contributed by atoms with Crippen LogP contribution in [0.3, 0.4) is 0 Å². The van der Waals surface area contributed by atoms with E-state index in [0.29, 0.717) is 5.25 Å². The molecule has 1 fully saturated rings. The summed E-state index contributed by atoms with van der Waals surface area (Å²) >= 11 is 3.05. The van der Waals surface area contributed by atoms with Crippen LogP contribution in [-0.2, 0) is 9.59 Å². The third-order valence-electron chi connectivity index (χ3n) is 2.64. The Hall–Kier alpha value is -0.360. The smallest absolute Gasteiger partial charge is 0.313 e. The summed E-state index contributed by atoms with van der Waals surface area (Å²) in [5, 5.41) is 12.0. The van der Waals surface area contributed by atoms with Gasteiger partial charge in [-0.25, -0.2) is 0 Å². The van der Waals surface area contributed by atoms with Crippen LogP contribution in [0.25, 0.3) is 0 Å². The Morgan fingerprint density at radius 2 is 2.12 bits per heavy atom. The summed E-state index contributed by atoms with van der Waals surface area (Å²) in [6, 6.07) is 0.276. The van der Waals surface area contributed by atoms with E-state index in [0.717, 1.165) is 23.9 Å². The molecule has 2 N–H and O–H groups in total. The molecule has 0 spiro atoms. The number of carbonyl (C=O) groups excluding carboxylic acids is 1. The fraction of sp³-hybridized carbons (Fsp3) is 0.818. The summed E-state index contributed by atoms with van der Waals surface area (Å²) in [6.45, 7) is 2.13. The first kappa shape index (κ1) is 14.7. The Morgan fingerprint density at radius 3 is 2.76 bits per heavy atom. The van der Waals surface area contributed by atoms with Crippen molar-refractivity contribution in [2.45, 2.75) is 37.5 Å². The van der Waals surface area contributed by atoms with E-state index in [4.69, 9.17) is 5.11 Å². The van der Waals surface area contributed by atoms with Crippen LogP contribution in [-0.4, -0.2) is 45.5 Å². The third-order valence-corrected chi connectivity index (χ3v) is 4.88. The molecule has 0 aromatic heterocycles. The van der Waals surface area contributed by atoms with Gasteiger partial charge in [0.15, 0.2) is 0 Å². The van der Waals surface area contributed by atoms with Gasteiger partial charge in [0.05, 0.1) is 11.5 Å². The second kappa shape index (κ2) is 7.87. The van der Waals surface area contributed by atoms with Crippen molar-refractivity contribution >= 4 is 35.4 Å². The Labute approximate surface area is 110 Å². The molecule has 2 atom stereocenters. The molecule has 0 aliphatic heterocycles. The van der Waals surface area contributed by atoms with Crippen LogP contribution in [0.4, 0.5) is 0 Å². The lowest BCUT2D eigenvalue weighted by Crippen LogP contribution is -2.39. The lowest BCUT2D eigenvalue weighted by Gasteiger charge is -2.19. The number of carboxylic acid groups (broad SMARTS) is 1. The third kappa shape index (κ3) is 5.68. The number of amides is 1. The van der Waals surface area contributed by atoms with Crippen LogP contribution in [0.1, 0.15) is 26.2 Å². The van der Waals surface area contributed by atoms with Crippen molar-refractivity contribution in [2.24, 2.45) is 0 Å². The maximum absolute atomic E-state index is 11.6. The molecule has 2 unspecified atom stereocenters. The molecule has 0 aromatic carbocycles. The zero-order valence-electron chi connectivity index (χ0n) is 9.98. The number of nitrogens with one attached hydrogen (secondary N) is 1. The maximum Gasteiger partial charge on any atom is 0.313 e. The molecule has 1 aliphatic carbocycles. The predicted molar refractivity (Wildman–Crippen MR) is 72.7 cm³/mol. The molecule has 17 heavy (non-hydrogen) atoms. The lowest BCUT2D eigenvalue weighted by molar-refractivity contribution is -0.133. The highest BCUT2D eigenvalue weighted by atomic mass is 32.2. The summed E-state index contributed by atoms with van der Waals surface area (Å²) in [6.07, 6.45) is 3.39. The van der Waals surface area contributed by atoms with Crippen molar-refractivity contribution in [3.63, 3.8) is 0 Å². The molecular formula is C11H19NO3S2. The Bertz CT molecular complexity index is 273. The Balaban J connectivity index is 2.22. The van der Waals surface area contributed by atoms with Gasteiger partial charge in [-0.15, -0.1) is 11.8 Å². The van der Waals surface area contributed by atoms with Crippen molar-refractivity contribution < 1.29 is 14.7 Å². The first-order valence-electron chi connectivity index (χ1n) is 5.84. The molecule has 1 rings (SSSR count). The predicted octanol–water partition coefficient (Wildman–Crippen LogP) is 1.59. The molecule has 1 aliphatic rings. The van der Waals surface area contributed by atoms with Crippen molar-refractivity contribution in [2.75, 3.05) is 17.3 Å². The normalized spacial score (nSPS) is 23.6. The highest BCUT2D eigenvalue weighted by Gasteiger charge is 2.28. The van der Waals surface area contributed by atoms with Gasteiger partial charge in [0.25, 0.3) is 0 Å². The van der Waals surface area contributed by atoms with Crippen molar-refractivity contribution in [1.29, 1.82) is 0 Å². The zero-order chi connectivity index (χ0) is 12.7. The summed E-state index contributed by atoms with van der Waals surface area (Å²) in [4.78, 5) is 21.9. The summed E-state index contributed by atoms with van der Waals surface area (Å²) < 4.78 is 0. The Morgan fingerprint density at radius 1 is 1.35 bits per heavy atom. The fourth-order valence-electron chi connectivity index (χ4n) is 1.98. The second-order valence-corrected chi connectivity index (χ2v) is 6.49. The van der Waals surface area contributed by atoms with E-state index in [9.17, 15) is 9.59 Å². The number of rotatable bonds is 7. The van der Waals surface area contributed by atoms with Gasteiger partial charge in [0.2, 0.25) is 5.91 Å². The number of thioether (sulfide) groups is 2. The van der Waals surface area contributed by atoms with E-state index in [1.54, 1.807) is 0 Å². The fourth-order valence-corrected chi connectivity index (χ4v) is 3.73. The summed E-state index contributed by atoms with van der Waals surface area (Å²) in [5.74, 6) is 0.399. The van der Waals surface area contributed by atoms with Gasteiger partial charge in [-0.3, -0.25) is 9.59 Å². The Kier molecular flexibility index (Phi) is 6.80. The van der Waals surface area contributed by atoms with Crippen LogP contribution in [0, 0.1) is 0 Å². The minimum absolute atomic E-state index is 0.00871. The number of hydrogen-bond donors (Lipinski definition) is 2. The van der Waals surface area contributed by atoms with Gasteiger partial charge in [-0.05, 0) is 18.6 Å². The van der Waals surface area contributed by atoms with Crippen LogP contribution < -0.4 is 5.32 Å². The summed E-state index contributed by atoms with van der Waals surface area (Å²) in [7, 11) is 0.